The minimum Gasteiger partial charge on any atom is -0.393 e. The number of rotatable bonds is 2. The maximum absolute atomic E-state index is 13.0. The van der Waals surface area contributed by atoms with Crippen molar-refractivity contribution in [3.8, 4) is 0 Å². The van der Waals surface area contributed by atoms with Crippen molar-refractivity contribution in [2.75, 3.05) is 19.6 Å². The van der Waals surface area contributed by atoms with Crippen molar-refractivity contribution in [3.63, 3.8) is 0 Å². The van der Waals surface area contributed by atoms with Gasteiger partial charge in [-0.25, -0.2) is 4.98 Å². The van der Waals surface area contributed by atoms with E-state index < -0.39 is 0 Å². The van der Waals surface area contributed by atoms with E-state index in [0.29, 0.717) is 13.1 Å². The first kappa shape index (κ1) is 21.3. The topological polar surface area (TPSA) is 89.5 Å². The van der Waals surface area contributed by atoms with E-state index in [-0.39, 0.29) is 41.7 Å². The van der Waals surface area contributed by atoms with Crippen LogP contribution in [-0.2, 0) is 10.2 Å². The molecule has 2 amide bonds. The quantitative estimate of drug-likeness (QED) is 0.696. The molecule has 1 aromatic heterocycles. The summed E-state index contributed by atoms with van der Waals surface area (Å²) in [7, 11) is 0. The molecule has 2 aromatic rings. The van der Waals surface area contributed by atoms with Gasteiger partial charge in [-0.3, -0.25) is 9.59 Å². The highest BCUT2D eigenvalue weighted by molar-refractivity contribution is 9.10. The molecule has 2 heterocycles. The number of nitrogens with one attached hydrogen (secondary N) is 1. The predicted molar refractivity (Wildman–Crippen MR) is 118 cm³/mol. The Labute approximate surface area is 185 Å². The van der Waals surface area contributed by atoms with E-state index in [1.54, 1.807) is 4.90 Å². The molecule has 1 saturated carbocycles. The molecular weight excluding hydrogens is 448 g/mol. The molecule has 1 aliphatic heterocycles. The number of fused-ring (bicyclic) bond motifs is 1. The maximum Gasteiger partial charge on any atom is 0.290 e. The molecule has 0 bridgehead atoms. The molecule has 1 aromatic carbocycles. The number of carbonyl (C=O) groups is 2. The Morgan fingerprint density at radius 2 is 1.90 bits per heavy atom. The standard InChI is InChI=1S/C22H29BrN4O3/c1-22(2,3)13-10-16(23)19-17(11-13)24-20(25-19)21(30)26-8-9-27(18(29)12-26)14-4-6-15(28)7-5-14/h10-11,14-15,28H,4-9,12H2,1-3H3,(H,24,25). The number of hydrogen-bond donors (Lipinski definition) is 2. The number of aliphatic hydroxyl groups excluding tert-OH is 1. The molecule has 0 spiro atoms. The van der Waals surface area contributed by atoms with E-state index in [2.05, 4.69) is 46.7 Å². The van der Waals surface area contributed by atoms with Crippen LogP contribution >= 0.6 is 15.9 Å². The van der Waals surface area contributed by atoms with Crippen molar-refractivity contribution < 1.29 is 14.7 Å². The Hall–Kier alpha value is -1.93. The van der Waals surface area contributed by atoms with Gasteiger partial charge in [0.25, 0.3) is 5.91 Å². The SMILES string of the molecule is CC(C)(C)c1cc(Br)c2nc(C(=O)N3CCN(C4CCC(O)CC4)C(=O)C3)[nH]c2c1. The van der Waals surface area contributed by atoms with E-state index in [1.165, 1.54) is 0 Å². The number of aromatic nitrogens is 2. The Kier molecular flexibility index (Phi) is 5.66. The highest BCUT2D eigenvalue weighted by atomic mass is 79.9. The number of piperazine rings is 1. The van der Waals surface area contributed by atoms with Crippen LogP contribution in [0.5, 0.6) is 0 Å². The number of aliphatic hydroxyl groups is 1. The summed E-state index contributed by atoms with van der Waals surface area (Å²) in [6.07, 6.45) is 2.89. The largest absolute Gasteiger partial charge is 0.393 e. The fourth-order valence-corrected chi connectivity index (χ4v) is 4.92. The van der Waals surface area contributed by atoms with Crippen molar-refractivity contribution in [2.45, 2.75) is 64.0 Å². The molecule has 8 heteroatoms. The Bertz CT molecular complexity index is 973. The third-order valence-electron chi connectivity index (χ3n) is 6.26. The van der Waals surface area contributed by atoms with Crippen molar-refractivity contribution in [2.24, 2.45) is 0 Å². The number of amides is 2. The molecule has 0 unspecified atom stereocenters. The number of halogens is 1. The summed E-state index contributed by atoms with van der Waals surface area (Å²) in [6, 6.07) is 4.25. The van der Waals surface area contributed by atoms with Crippen LogP contribution in [-0.4, -0.2) is 68.5 Å². The summed E-state index contributed by atoms with van der Waals surface area (Å²) in [5.74, 6) is -0.00965. The summed E-state index contributed by atoms with van der Waals surface area (Å²) < 4.78 is 0.848. The molecule has 4 rings (SSSR count). The summed E-state index contributed by atoms with van der Waals surface area (Å²) >= 11 is 3.58. The van der Waals surface area contributed by atoms with Crippen LogP contribution in [0.1, 0.15) is 62.6 Å². The lowest BCUT2D eigenvalue weighted by molar-refractivity contribution is -0.138. The van der Waals surface area contributed by atoms with E-state index in [4.69, 9.17) is 0 Å². The number of aromatic amines is 1. The number of benzene rings is 1. The number of nitrogens with zero attached hydrogens (tertiary/aromatic N) is 3. The van der Waals surface area contributed by atoms with E-state index in [0.717, 1.165) is 46.8 Å². The fraction of sp³-hybridized carbons (Fsp3) is 0.591. The average Bonchev–Trinajstić information content (AvgIpc) is 3.12. The molecule has 162 valence electrons. The van der Waals surface area contributed by atoms with Gasteiger partial charge in [0, 0.05) is 23.6 Å². The molecule has 7 nitrogen and oxygen atoms in total. The van der Waals surface area contributed by atoms with Crippen molar-refractivity contribution in [1.29, 1.82) is 0 Å². The summed E-state index contributed by atoms with van der Waals surface area (Å²) in [5, 5.41) is 9.70. The third-order valence-corrected chi connectivity index (χ3v) is 6.86. The van der Waals surface area contributed by atoms with Gasteiger partial charge in [-0.2, -0.15) is 0 Å². The van der Waals surface area contributed by atoms with Gasteiger partial charge in [-0.05, 0) is 64.7 Å². The van der Waals surface area contributed by atoms with Crippen LogP contribution < -0.4 is 0 Å². The van der Waals surface area contributed by atoms with Gasteiger partial charge in [-0.15, -0.1) is 0 Å². The first-order valence-corrected chi connectivity index (χ1v) is 11.4. The van der Waals surface area contributed by atoms with Gasteiger partial charge in [0.2, 0.25) is 5.91 Å². The highest BCUT2D eigenvalue weighted by Gasteiger charge is 2.34. The lowest BCUT2D eigenvalue weighted by Gasteiger charge is -2.41. The number of H-pyrrole nitrogens is 1. The zero-order chi connectivity index (χ0) is 21.6. The minimum atomic E-state index is -0.248. The third kappa shape index (κ3) is 4.12. The number of imidazole rings is 1. The van der Waals surface area contributed by atoms with Crippen LogP contribution in [0.15, 0.2) is 16.6 Å². The molecule has 2 N–H and O–H groups in total. The van der Waals surface area contributed by atoms with Crippen LogP contribution in [0.4, 0.5) is 0 Å². The van der Waals surface area contributed by atoms with Crippen LogP contribution in [0.25, 0.3) is 11.0 Å². The first-order chi connectivity index (χ1) is 14.1. The summed E-state index contributed by atoms with van der Waals surface area (Å²) in [5.41, 5.74) is 2.65. The molecule has 1 aliphatic carbocycles. The normalized spacial score (nSPS) is 23.3. The second kappa shape index (κ2) is 7.96. The van der Waals surface area contributed by atoms with Crippen molar-refractivity contribution in [3.05, 3.63) is 28.0 Å². The zero-order valence-corrected chi connectivity index (χ0v) is 19.3. The molecule has 0 radical (unpaired) electrons. The predicted octanol–water partition coefficient (Wildman–Crippen LogP) is 3.21. The van der Waals surface area contributed by atoms with Crippen LogP contribution in [0, 0.1) is 0 Å². The Morgan fingerprint density at radius 1 is 1.20 bits per heavy atom. The Balaban J connectivity index is 1.49. The van der Waals surface area contributed by atoms with E-state index in [9.17, 15) is 14.7 Å². The second-order valence-corrected chi connectivity index (χ2v) is 10.3. The van der Waals surface area contributed by atoms with E-state index in [1.807, 2.05) is 17.0 Å². The van der Waals surface area contributed by atoms with Crippen LogP contribution in [0.2, 0.25) is 0 Å². The van der Waals surface area contributed by atoms with Gasteiger partial charge < -0.3 is 19.9 Å². The monoisotopic (exact) mass is 476 g/mol. The maximum atomic E-state index is 13.0. The molecule has 1 saturated heterocycles. The van der Waals surface area contributed by atoms with Gasteiger partial charge >= 0.3 is 0 Å². The van der Waals surface area contributed by atoms with Gasteiger partial charge in [-0.1, -0.05) is 20.8 Å². The molecule has 2 fully saturated rings. The lowest BCUT2D eigenvalue weighted by Crippen LogP contribution is -2.56. The lowest BCUT2D eigenvalue weighted by atomic mass is 9.87. The highest BCUT2D eigenvalue weighted by Crippen LogP contribution is 2.31. The number of carbonyl (C=O) groups excluding carboxylic acids is 2. The summed E-state index contributed by atoms with van der Waals surface area (Å²) in [6.45, 7) is 7.52. The second-order valence-electron chi connectivity index (χ2n) is 9.47. The van der Waals surface area contributed by atoms with Gasteiger partial charge in [0.15, 0.2) is 5.82 Å². The minimum absolute atomic E-state index is 0.0239. The fourth-order valence-electron chi connectivity index (χ4n) is 4.38. The van der Waals surface area contributed by atoms with Crippen molar-refractivity contribution >= 4 is 38.8 Å². The average molecular weight is 477 g/mol. The van der Waals surface area contributed by atoms with E-state index >= 15 is 0 Å². The zero-order valence-electron chi connectivity index (χ0n) is 17.7. The molecular formula is C22H29BrN4O3. The molecule has 2 aliphatic rings. The van der Waals surface area contributed by atoms with Gasteiger partial charge in [0.05, 0.1) is 11.6 Å². The molecule has 0 atom stereocenters. The van der Waals surface area contributed by atoms with Gasteiger partial charge in [0.1, 0.15) is 12.1 Å². The van der Waals surface area contributed by atoms with Crippen LogP contribution in [0.3, 0.4) is 0 Å². The smallest absolute Gasteiger partial charge is 0.290 e. The van der Waals surface area contributed by atoms with Crippen molar-refractivity contribution in [1.82, 2.24) is 19.8 Å². The number of hydrogen-bond acceptors (Lipinski definition) is 4. The Morgan fingerprint density at radius 3 is 2.53 bits per heavy atom. The first-order valence-electron chi connectivity index (χ1n) is 10.6. The molecule has 30 heavy (non-hydrogen) atoms. The summed E-state index contributed by atoms with van der Waals surface area (Å²) in [4.78, 5) is 36.9.